The van der Waals surface area contributed by atoms with Crippen LogP contribution in [0.4, 0.5) is 0 Å². The van der Waals surface area contributed by atoms with E-state index in [0.29, 0.717) is 26.2 Å². The molecule has 2 aromatic rings. The van der Waals surface area contributed by atoms with Gasteiger partial charge in [-0.3, -0.25) is 9.78 Å². The van der Waals surface area contributed by atoms with Crippen molar-refractivity contribution in [2.24, 2.45) is 0 Å². The molecule has 1 aliphatic heterocycles. The van der Waals surface area contributed by atoms with Gasteiger partial charge in [0.25, 0.3) is 0 Å². The minimum Gasteiger partial charge on any atom is -0.486 e. The number of benzene rings is 1. The molecule has 0 radical (unpaired) electrons. The smallest absolute Gasteiger partial charge is 0.220 e. The van der Waals surface area contributed by atoms with Crippen molar-refractivity contribution in [3.05, 3.63) is 53.9 Å². The summed E-state index contributed by atoms with van der Waals surface area (Å²) in [6.45, 7) is 1.87. The summed E-state index contributed by atoms with van der Waals surface area (Å²) in [4.78, 5) is 16.5. The molecular weight excluding hydrogens is 340 g/mol. The number of aromatic nitrogens is 1. The summed E-state index contributed by atoms with van der Waals surface area (Å²) >= 11 is 0. The second-order valence-electron chi connectivity index (χ2n) is 7.48. The Bertz CT molecular complexity index is 785. The van der Waals surface area contributed by atoms with Gasteiger partial charge < -0.3 is 14.8 Å². The lowest BCUT2D eigenvalue weighted by Gasteiger charge is -2.31. The molecule has 5 nitrogen and oxygen atoms in total. The van der Waals surface area contributed by atoms with Crippen LogP contribution in [-0.4, -0.2) is 30.6 Å². The van der Waals surface area contributed by atoms with Gasteiger partial charge in [-0.15, -0.1) is 0 Å². The molecule has 0 saturated heterocycles. The van der Waals surface area contributed by atoms with E-state index in [4.69, 9.17) is 9.47 Å². The highest BCUT2D eigenvalue weighted by molar-refractivity contribution is 5.76. The summed E-state index contributed by atoms with van der Waals surface area (Å²) in [5.41, 5.74) is 2.34. The van der Waals surface area contributed by atoms with Gasteiger partial charge in [-0.25, -0.2) is 0 Å². The zero-order chi connectivity index (χ0) is 18.5. The van der Waals surface area contributed by atoms with E-state index in [9.17, 15) is 4.79 Å². The van der Waals surface area contributed by atoms with Crippen LogP contribution in [0.2, 0.25) is 0 Å². The third kappa shape index (κ3) is 4.07. The zero-order valence-electron chi connectivity index (χ0n) is 15.6. The molecule has 1 fully saturated rings. The van der Waals surface area contributed by atoms with Gasteiger partial charge in [0.2, 0.25) is 5.91 Å². The molecule has 27 heavy (non-hydrogen) atoms. The van der Waals surface area contributed by atoms with Crippen LogP contribution in [0, 0.1) is 0 Å². The first-order valence-corrected chi connectivity index (χ1v) is 9.81. The number of fused-ring (bicyclic) bond motifs is 1. The Hall–Kier alpha value is -2.56. The lowest BCUT2D eigenvalue weighted by molar-refractivity contribution is -0.121. The summed E-state index contributed by atoms with van der Waals surface area (Å²) < 4.78 is 11.4. The number of aryl methyl sites for hydroxylation is 1. The van der Waals surface area contributed by atoms with Crippen molar-refractivity contribution in [2.45, 2.75) is 43.9 Å². The average Bonchev–Trinajstić information content (AvgIpc) is 3.21. The SMILES string of the molecule is O=C(CCc1cccnc1)NCC1(c2ccc3c(c2)OCCO3)CCCC1. The standard InChI is InChI=1S/C22H26N2O3/c25-21(8-5-17-4-3-11-23-15-17)24-16-22(9-1-2-10-22)18-6-7-19-20(14-18)27-13-12-26-19/h3-4,6-7,11,14-15H,1-2,5,8-10,12-13,16H2,(H,24,25). The van der Waals surface area contributed by atoms with E-state index in [1.165, 1.54) is 18.4 Å². The van der Waals surface area contributed by atoms with Crippen molar-refractivity contribution in [3.63, 3.8) is 0 Å². The third-order valence-corrected chi connectivity index (χ3v) is 5.70. The van der Waals surface area contributed by atoms with Gasteiger partial charge >= 0.3 is 0 Å². The van der Waals surface area contributed by atoms with Crippen LogP contribution < -0.4 is 14.8 Å². The summed E-state index contributed by atoms with van der Waals surface area (Å²) in [6, 6.07) is 10.2. The van der Waals surface area contributed by atoms with Crippen molar-refractivity contribution >= 4 is 5.91 Å². The second kappa shape index (κ2) is 7.99. The summed E-state index contributed by atoms with van der Waals surface area (Å²) in [6.07, 6.45) is 9.35. The molecule has 2 aliphatic rings. The molecule has 0 bridgehead atoms. The molecule has 0 spiro atoms. The Balaban J connectivity index is 1.41. The van der Waals surface area contributed by atoms with Crippen LogP contribution >= 0.6 is 0 Å². The number of amides is 1. The molecule has 1 N–H and O–H groups in total. The van der Waals surface area contributed by atoms with Crippen LogP contribution in [0.15, 0.2) is 42.7 Å². The van der Waals surface area contributed by atoms with Crippen molar-refractivity contribution in [1.29, 1.82) is 0 Å². The molecule has 2 heterocycles. The Labute approximate surface area is 160 Å². The molecule has 1 saturated carbocycles. The first kappa shape index (κ1) is 17.8. The van der Waals surface area contributed by atoms with Crippen molar-refractivity contribution < 1.29 is 14.3 Å². The van der Waals surface area contributed by atoms with Gasteiger partial charge in [-0.05, 0) is 48.6 Å². The highest BCUT2D eigenvalue weighted by Crippen LogP contribution is 2.43. The Morgan fingerprint density at radius 1 is 1.11 bits per heavy atom. The Morgan fingerprint density at radius 2 is 1.93 bits per heavy atom. The number of rotatable bonds is 6. The second-order valence-corrected chi connectivity index (χ2v) is 7.48. The number of ether oxygens (including phenoxy) is 2. The van der Waals surface area contributed by atoms with Crippen LogP contribution in [0.5, 0.6) is 11.5 Å². The molecular formula is C22H26N2O3. The number of carbonyl (C=O) groups is 1. The number of hydrogen-bond acceptors (Lipinski definition) is 4. The first-order chi connectivity index (χ1) is 13.3. The van der Waals surface area contributed by atoms with Crippen LogP contribution in [0.25, 0.3) is 0 Å². The Kier molecular flexibility index (Phi) is 5.28. The fourth-order valence-electron chi connectivity index (χ4n) is 4.15. The van der Waals surface area contributed by atoms with Crippen molar-refractivity contribution in [1.82, 2.24) is 10.3 Å². The van der Waals surface area contributed by atoms with E-state index in [1.54, 1.807) is 6.20 Å². The molecule has 0 unspecified atom stereocenters. The van der Waals surface area contributed by atoms with Crippen LogP contribution in [0.1, 0.15) is 43.2 Å². The summed E-state index contributed by atoms with van der Waals surface area (Å²) in [5.74, 6) is 1.74. The topological polar surface area (TPSA) is 60.5 Å². The quantitative estimate of drug-likeness (QED) is 0.851. The largest absolute Gasteiger partial charge is 0.486 e. The van der Waals surface area contributed by atoms with E-state index in [1.807, 2.05) is 24.4 Å². The molecule has 4 rings (SSSR count). The predicted molar refractivity (Wildman–Crippen MR) is 103 cm³/mol. The van der Waals surface area contributed by atoms with Crippen molar-refractivity contribution in [3.8, 4) is 11.5 Å². The van der Waals surface area contributed by atoms with Crippen LogP contribution in [-0.2, 0) is 16.6 Å². The minimum atomic E-state index is -0.000199. The number of carbonyl (C=O) groups excluding carboxylic acids is 1. The number of nitrogens with one attached hydrogen (secondary N) is 1. The van der Waals surface area contributed by atoms with E-state index in [2.05, 4.69) is 22.4 Å². The lowest BCUT2D eigenvalue weighted by Crippen LogP contribution is -2.39. The molecule has 142 valence electrons. The monoisotopic (exact) mass is 366 g/mol. The van der Waals surface area contributed by atoms with Crippen LogP contribution in [0.3, 0.4) is 0 Å². The van der Waals surface area contributed by atoms with E-state index in [-0.39, 0.29) is 11.3 Å². The zero-order valence-corrected chi connectivity index (χ0v) is 15.6. The normalized spacial score (nSPS) is 17.5. The van der Waals surface area contributed by atoms with Gasteiger partial charge in [-0.2, -0.15) is 0 Å². The molecule has 0 atom stereocenters. The number of nitrogens with zero attached hydrogens (tertiary/aromatic N) is 1. The average molecular weight is 366 g/mol. The fourth-order valence-corrected chi connectivity index (χ4v) is 4.15. The maximum atomic E-state index is 12.4. The van der Waals surface area contributed by atoms with Gasteiger partial charge in [0, 0.05) is 30.8 Å². The minimum absolute atomic E-state index is 0.000199. The molecule has 1 aromatic heterocycles. The first-order valence-electron chi connectivity index (χ1n) is 9.81. The predicted octanol–water partition coefficient (Wildman–Crippen LogP) is 3.41. The van der Waals surface area contributed by atoms with Crippen molar-refractivity contribution in [2.75, 3.05) is 19.8 Å². The molecule has 1 aliphatic carbocycles. The highest BCUT2D eigenvalue weighted by atomic mass is 16.6. The van der Waals surface area contributed by atoms with E-state index < -0.39 is 0 Å². The van der Waals surface area contributed by atoms with E-state index in [0.717, 1.165) is 36.3 Å². The lowest BCUT2D eigenvalue weighted by atomic mass is 9.78. The Morgan fingerprint density at radius 3 is 2.70 bits per heavy atom. The maximum Gasteiger partial charge on any atom is 0.220 e. The van der Waals surface area contributed by atoms with Gasteiger partial charge in [0.15, 0.2) is 11.5 Å². The summed E-state index contributed by atoms with van der Waals surface area (Å²) in [5, 5.41) is 3.18. The molecule has 5 heteroatoms. The number of hydrogen-bond donors (Lipinski definition) is 1. The molecule has 1 aromatic carbocycles. The van der Waals surface area contributed by atoms with Gasteiger partial charge in [0.05, 0.1) is 0 Å². The summed E-state index contributed by atoms with van der Waals surface area (Å²) in [7, 11) is 0. The fraction of sp³-hybridized carbons (Fsp3) is 0.455. The maximum absolute atomic E-state index is 12.4. The highest BCUT2D eigenvalue weighted by Gasteiger charge is 2.36. The van der Waals surface area contributed by atoms with E-state index >= 15 is 0 Å². The van der Waals surface area contributed by atoms with Gasteiger partial charge in [-0.1, -0.05) is 25.0 Å². The van der Waals surface area contributed by atoms with Gasteiger partial charge in [0.1, 0.15) is 13.2 Å². The third-order valence-electron chi connectivity index (χ3n) is 5.70. The number of pyridine rings is 1. The molecule has 1 amide bonds.